The van der Waals surface area contributed by atoms with Crippen molar-refractivity contribution in [3.8, 4) is 0 Å². The van der Waals surface area contributed by atoms with Crippen molar-refractivity contribution in [2.24, 2.45) is 5.41 Å². The number of carbonyl (C=O) groups is 4. The zero-order valence-corrected chi connectivity index (χ0v) is 18.8. The number of urea groups is 1. The standard InChI is InChI=1S/C20H21ClN6O6/c1-4-22-16(28)12-11-14(33-26-12)10(21)13-9(23-11)5-20(17(29)24-19(31)25-18(20)30)15-8(3)32-7(2)6-27(13)15/h7-8,15H,4-6H2,1-3H3,(H,22,28)(H2,24,25,29,30,31)/t7-,8+,15-/m1/s1. The third kappa shape index (κ3) is 2.93. The number of anilines is 1. The van der Waals surface area contributed by atoms with Gasteiger partial charge in [0.15, 0.2) is 11.1 Å². The van der Waals surface area contributed by atoms with Crippen LogP contribution in [0.15, 0.2) is 4.52 Å². The molecule has 2 saturated heterocycles. The lowest BCUT2D eigenvalue weighted by Gasteiger charge is -2.55. The van der Waals surface area contributed by atoms with Crippen molar-refractivity contribution in [1.82, 2.24) is 26.1 Å². The molecule has 3 aliphatic rings. The van der Waals surface area contributed by atoms with E-state index < -0.39 is 41.3 Å². The second kappa shape index (κ2) is 7.39. The summed E-state index contributed by atoms with van der Waals surface area (Å²) in [4.78, 5) is 57.1. The zero-order valence-electron chi connectivity index (χ0n) is 18.0. The van der Waals surface area contributed by atoms with Gasteiger partial charge in [-0.3, -0.25) is 25.0 Å². The van der Waals surface area contributed by atoms with Crippen LogP contribution in [0.1, 0.15) is 37.0 Å². The average molecular weight is 477 g/mol. The third-order valence-electron chi connectivity index (χ3n) is 6.33. The van der Waals surface area contributed by atoms with Crippen molar-refractivity contribution >= 4 is 52.1 Å². The Balaban J connectivity index is 1.75. The lowest BCUT2D eigenvalue weighted by atomic mass is 9.67. The summed E-state index contributed by atoms with van der Waals surface area (Å²) in [5.74, 6) is -1.97. The van der Waals surface area contributed by atoms with E-state index in [2.05, 4.69) is 26.1 Å². The Labute approximate surface area is 192 Å². The second-order valence-corrected chi connectivity index (χ2v) is 8.80. The van der Waals surface area contributed by atoms with Crippen molar-refractivity contribution in [2.75, 3.05) is 18.0 Å². The Bertz CT molecular complexity index is 1210. The minimum Gasteiger partial charge on any atom is -0.372 e. The van der Waals surface area contributed by atoms with E-state index in [0.717, 1.165) is 0 Å². The molecule has 13 heteroatoms. The van der Waals surface area contributed by atoms with E-state index >= 15 is 0 Å². The minimum atomic E-state index is -1.70. The molecule has 5 heterocycles. The molecule has 0 aliphatic carbocycles. The van der Waals surface area contributed by atoms with Gasteiger partial charge >= 0.3 is 6.03 Å². The number of barbiturate groups is 1. The Morgan fingerprint density at radius 3 is 2.64 bits per heavy atom. The Morgan fingerprint density at radius 1 is 1.27 bits per heavy atom. The fourth-order valence-corrected chi connectivity index (χ4v) is 5.49. The van der Waals surface area contributed by atoms with Gasteiger partial charge in [0.1, 0.15) is 10.5 Å². The first kappa shape index (κ1) is 21.6. The number of morpholine rings is 1. The molecule has 3 N–H and O–H groups in total. The van der Waals surface area contributed by atoms with Crippen LogP contribution in [-0.2, 0) is 20.7 Å². The van der Waals surface area contributed by atoms with Gasteiger partial charge in [-0.05, 0) is 20.8 Å². The van der Waals surface area contributed by atoms with Crippen LogP contribution in [0.25, 0.3) is 11.1 Å². The number of ether oxygens (including phenoxy) is 1. The number of imide groups is 2. The maximum Gasteiger partial charge on any atom is 0.328 e. The Kier molecular flexibility index (Phi) is 4.83. The molecular weight excluding hydrogens is 456 g/mol. The number of rotatable bonds is 2. The van der Waals surface area contributed by atoms with Crippen LogP contribution in [-0.4, -0.2) is 65.2 Å². The molecule has 1 spiro atoms. The molecule has 174 valence electrons. The van der Waals surface area contributed by atoms with E-state index in [9.17, 15) is 19.2 Å². The van der Waals surface area contributed by atoms with Crippen LogP contribution in [0.4, 0.5) is 10.5 Å². The van der Waals surface area contributed by atoms with E-state index in [-0.39, 0.29) is 34.3 Å². The van der Waals surface area contributed by atoms with E-state index in [1.165, 1.54) is 0 Å². The second-order valence-electron chi connectivity index (χ2n) is 8.42. The summed E-state index contributed by atoms with van der Waals surface area (Å²) in [5, 5.41) is 11.1. The molecule has 5 rings (SSSR count). The van der Waals surface area contributed by atoms with Crippen molar-refractivity contribution < 1.29 is 28.4 Å². The number of aromatic nitrogens is 2. The highest BCUT2D eigenvalue weighted by atomic mass is 35.5. The highest BCUT2D eigenvalue weighted by Gasteiger charge is 2.63. The van der Waals surface area contributed by atoms with Gasteiger partial charge in [0.25, 0.3) is 5.91 Å². The number of carbonyl (C=O) groups excluding carboxylic acids is 4. The van der Waals surface area contributed by atoms with Gasteiger partial charge in [0.05, 0.1) is 29.6 Å². The summed E-state index contributed by atoms with van der Waals surface area (Å²) in [7, 11) is 0. The number of nitrogens with zero attached hydrogens (tertiary/aromatic N) is 3. The molecular formula is C20H21ClN6O6. The van der Waals surface area contributed by atoms with Crippen LogP contribution in [0.2, 0.25) is 5.02 Å². The summed E-state index contributed by atoms with van der Waals surface area (Å²) in [6.07, 6.45) is -0.964. The molecule has 2 fully saturated rings. The van der Waals surface area contributed by atoms with Gasteiger partial charge in [0.2, 0.25) is 17.4 Å². The lowest BCUT2D eigenvalue weighted by Crippen LogP contribution is -2.75. The third-order valence-corrected chi connectivity index (χ3v) is 6.68. The molecule has 0 unspecified atom stereocenters. The van der Waals surface area contributed by atoms with E-state index in [1.807, 2.05) is 11.8 Å². The normalized spacial score (nSPS) is 26.0. The van der Waals surface area contributed by atoms with Crippen LogP contribution >= 0.6 is 11.6 Å². The smallest absolute Gasteiger partial charge is 0.328 e. The monoisotopic (exact) mass is 476 g/mol. The summed E-state index contributed by atoms with van der Waals surface area (Å²) >= 11 is 6.75. The van der Waals surface area contributed by atoms with Gasteiger partial charge < -0.3 is 19.5 Å². The van der Waals surface area contributed by atoms with Crippen molar-refractivity contribution in [3.05, 3.63) is 16.4 Å². The molecule has 5 amide bonds. The highest BCUT2D eigenvalue weighted by Crippen LogP contribution is 2.50. The van der Waals surface area contributed by atoms with Crippen LogP contribution < -0.4 is 20.9 Å². The van der Waals surface area contributed by atoms with Crippen molar-refractivity contribution in [2.45, 2.75) is 45.4 Å². The summed E-state index contributed by atoms with van der Waals surface area (Å²) in [5.41, 5.74) is -0.695. The first-order valence-corrected chi connectivity index (χ1v) is 10.9. The molecule has 33 heavy (non-hydrogen) atoms. The fraction of sp³-hybridized carbons (Fsp3) is 0.500. The molecule has 12 nitrogen and oxygen atoms in total. The van der Waals surface area contributed by atoms with E-state index in [1.54, 1.807) is 13.8 Å². The number of amides is 5. The summed E-state index contributed by atoms with van der Waals surface area (Å²) < 4.78 is 11.3. The SMILES string of the molecule is CCNC(=O)c1noc2c(Cl)c3c(nc12)CC1(C(=O)NC(=O)NC1=O)[C@H]1[C@H](C)O[C@H](C)CN31. The van der Waals surface area contributed by atoms with Gasteiger partial charge in [-0.25, -0.2) is 9.78 Å². The predicted octanol–water partition coefficient (Wildman–Crippen LogP) is 0.517. The van der Waals surface area contributed by atoms with Crippen LogP contribution in [0.5, 0.6) is 0 Å². The van der Waals surface area contributed by atoms with E-state index in [0.29, 0.717) is 24.5 Å². The number of hydrogen-bond acceptors (Lipinski definition) is 9. The number of nitrogens with one attached hydrogen (secondary N) is 3. The molecule has 0 bridgehead atoms. The summed E-state index contributed by atoms with van der Waals surface area (Å²) in [6.45, 7) is 6.06. The van der Waals surface area contributed by atoms with Gasteiger partial charge in [-0.2, -0.15) is 0 Å². The first-order valence-electron chi connectivity index (χ1n) is 10.5. The average Bonchev–Trinajstić information content (AvgIpc) is 3.15. The van der Waals surface area contributed by atoms with E-state index in [4.69, 9.17) is 20.9 Å². The molecule has 3 aliphatic heterocycles. The number of fused-ring (bicyclic) bond motifs is 5. The number of hydrogen-bond donors (Lipinski definition) is 3. The quantitative estimate of drug-likeness (QED) is 0.525. The molecule has 2 aromatic rings. The molecule has 2 aromatic heterocycles. The van der Waals surface area contributed by atoms with Crippen molar-refractivity contribution in [3.63, 3.8) is 0 Å². The van der Waals surface area contributed by atoms with Crippen molar-refractivity contribution in [1.29, 1.82) is 0 Å². The minimum absolute atomic E-state index is 0.0517. The Hall–Kier alpha value is -3.25. The van der Waals surface area contributed by atoms with Gasteiger partial charge in [-0.1, -0.05) is 16.8 Å². The summed E-state index contributed by atoms with van der Waals surface area (Å²) in [6, 6.07) is -1.65. The maximum atomic E-state index is 13.2. The maximum absolute atomic E-state index is 13.2. The predicted molar refractivity (Wildman–Crippen MR) is 114 cm³/mol. The van der Waals surface area contributed by atoms with Crippen LogP contribution in [0.3, 0.4) is 0 Å². The van der Waals surface area contributed by atoms with Gasteiger partial charge in [0, 0.05) is 19.5 Å². The van der Waals surface area contributed by atoms with Gasteiger partial charge in [-0.15, -0.1) is 0 Å². The van der Waals surface area contributed by atoms with Crippen LogP contribution in [0, 0.1) is 5.41 Å². The zero-order chi connectivity index (χ0) is 23.7. The first-order chi connectivity index (χ1) is 15.7. The highest BCUT2D eigenvalue weighted by molar-refractivity contribution is 6.38. The molecule has 0 saturated carbocycles. The Morgan fingerprint density at radius 2 is 1.97 bits per heavy atom. The molecule has 0 aromatic carbocycles. The number of pyridine rings is 1. The lowest BCUT2D eigenvalue weighted by molar-refractivity contribution is -0.153. The molecule has 0 radical (unpaired) electrons. The molecule has 3 atom stereocenters. The largest absolute Gasteiger partial charge is 0.372 e. The fourth-order valence-electron chi connectivity index (χ4n) is 5.15. The topological polar surface area (TPSA) is 156 Å². The number of halogens is 1.